The summed E-state index contributed by atoms with van der Waals surface area (Å²) in [6, 6.07) is 18.7. The van der Waals surface area contributed by atoms with Crippen LogP contribution < -0.4 is 10.6 Å². The van der Waals surface area contributed by atoms with E-state index >= 15 is 0 Å². The van der Waals surface area contributed by atoms with E-state index in [1.54, 1.807) is 0 Å². The first kappa shape index (κ1) is 18.5. The first-order valence-electron chi connectivity index (χ1n) is 9.52. The van der Waals surface area contributed by atoms with Crippen LogP contribution in [-0.2, 0) is 13.1 Å². The van der Waals surface area contributed by atoms with E-state index in [0.717, 1.165) is 44.6 Å². The van der Waals surface area contributed by atoms with Crippen molar-refractivity contribution >= 4 is 6.03 Å². The fourth-order valence-corrected chi connectivity index (χ4v) is 3.38. The molecule has 0 aromatic heterocycles. The van der Waals surface area contributed by atoms with Gasteiger partial charge in [0.1, 0.15) is 0 Å². The van der Waals surface area contributed by atoms with E-state index in [9.17, 15) is 4.79 Å². The van der Waals surface area contributed by atoms with Crippen LogP contribution in [0.25, 0.3) is 0 Å². The molecule has 4 heteroatoms. The van der Waals surface area contributed by atoms with Crippen molar-refractivity contribution in [3.05, 3.63) is 71.3 Å². The van der Waals surface area contributed by atoms with Crippen LogP contribution in [0.3, 0.4) is 0 Å². The number of aryl methyl sites for hydroxylation is 1. The topological polar surface area (TPSA) is 44.4 Å². The number of nitrogens with zero attached hydrogens (tertiary/aromatic N) is 1. The summed E-state index contributed by atoms with van der Waals surface area (Å²) in [5.74, 6) is 0.576. The van der Waals surface area contributed by atoms with Crippen molar-refractivity contribution in [3.8, 4) is 0 Å². The third-order valence-corrected chi connectivity index (χ3v) is 5.08. The first-order valence-corrected chi connectivity index (χ1v) is 9.52. The summed E-state index contributed by atoms with van der Waals surface area (Å²) < 4.78 is 0. The number of hydrogen-bond acceptors (Lipinski definition) is 2. The molecule has 138 valence electrons. The van der Waals surface area contributed by atoms with Crippen molar-refractivity contribution in [2.75, 3.05) is 19.6 Å². The second kappa shape index (κ2) is 9.39. The molecule has 0 atom stereocenters. The number of amides is 2. The number of likely N-dealkylation sites (tertiary alicyclic amines) is 1. The van der Waals surface area contributed by atoms with Crippen LogP contribution in [-0.4, -0.2) is 30.6 Å². The Labute approximate surface area is 156 Å². The number of rotatable bonds is 6. The molecule has 26 heavy (non-hydrogen) atoms. The number of nitrogens with one attached hydrogen (secondary N) is 2. The molecular weight excluding hydrogens is 322 g/mol. The van der Waals surface area contributed by atoms with Crippen molar-refractivity contribution in [2.45, 2.75) is 32.9 Å². The zero-order valence-corrected chi connectivity index (χ0v) is 15.6. The highest BCUT2D eigenvalue weighted by Gasteiger charge is 2.19. The molecule has 1 aliphatic rings. The zero-order chi connectivity index (χ0) is 18.2. The van der Waals surface area contributed by atoms with Gasteiger partial charge in [-0.25, -0.2) is 4.79 Å². The van der Waals surface area contributed by atoms with Crippen LogP contribution in [0.5, 0.6) is 0 Å². The lowest BCUT2D eigenvalue weighted by Crippen LogP contribution is -2.41. The Morgan fingerprint density at radius 1 is 0.962 bits per heavy atom. The maximum atomic E-state index is 12.0. The number of urea groups is 1. The summed E-state index contributed by atoms with van der Waals surface area (Å²) in [4.78, 5) is 14.5. The fraction of sp³-hybridized carbons (Fsp3) is 0.409. The van der Waals surface area contributed by atoms with Gasteiger partial charge in [0.25, 0.3) is 0 Å². The van der Waals surface area contributed by atoms with Gasteiger partial charge >= 0.3 is 6.03 Å². The van der Waals surface area contributed by atoms with Crippen molar-refractivity contribution in [2.24, 2.45) is 5.92 Å². The summed E-state index contributed by atoms with van der Waals surface area (Å²) >= 11 is 0. The predicted molar refractivity (Wildman–Crippen MR) is 106 cm³/mol. The lowest BCUT2D eigenvalue weighted by atomic mass is 9.96. The number of carbonyl (C=O) groups is 1. The van der Waals surface area contributed by atoms with E-state index in [-0.39, 0.29) is 6.03 Å². The maximum Gasteiger partial charge on any atom is 0.315 e. The molecule has 1 heterocycles. The van der Waals surface area contributed by atoms with Crippen molar-refractivity contribution in [1.29, 1.82) is 0 Å². The van der Waals surface area contributed by atoms with E-state index in [0.29, 0.717) is 12.5 Å². The highest BCUT2D eigenvalue weighted by Crippen LogP contribution is 2.18. The maximum absolute atomic E-state index is 12.0. The number of benzene rings is 2. The molecule has 0 radical (unpaired) electrons. The molecule has 2 amide bonds. The normalized spacial score (nSPS) is 15.6. The summed E-state index contributed by atoms with van der Waals surface area (Å²) in [7, 11) is 0. The van der Waals surface area contributed by atoms with Gasteiger partial charge in [0.15, 0.2) is 0 Å². The molecule has 2 aromatic rings. The van der Waals surface area contributed by atoms with Crippen molar-refractivity contribution in [1.82, 2.24) is 15.5 Å². The molecule has 0 bridgehead atoms. The van der Waals surface area contributed by atoms with Crippen LogP contribution in [0, 0.1) is 12.8 Å². The molecule has 3 rings (SSSR count). The Bertz CT molecular complexity index is 676. The lowest BCUT2D eigenvalue weighted by Gasteiger charge is -2.32. The van der Waals surface area contributed by atoms with E-state index in [2.05, 4.69) is 46.7 Å². The molecule has 1 saturated heterocycles. The SMILES string of the molecule is Cc1ccc(CN2CCC(CNC(=O)NCc3ccccc3)CC2)cc1. The third-order valence-electron chi connectivity index (χ3n) is 5.08. The minimum absolute atomic E-state index is 0.0732. The molecule has 0 unspecified atom stereocenters. The average molecular weight is 351 g/mol. The van der Waals surface area contributed by atoms with Gasteiger partial charge in [-0.15, -0.1) is 0 Å². The van der Waals surface area contributed by atoms with E-state index in [4.69, 9.17) is 0 Å². The first-order chi connectivity index (χ1) is 12.7. The van der Waals surface area contributed by atoms with Gasteiger partial charge in [-0.05, 0) is 49.9 Å². The smallest absolute Gasteiger partial charge is 0.315 e. The number of carbonyl (C=O) groups excluding carboxylic acids is 1. The molecular formula is C22H29N3O. The highest BCUT2D eigenvalue weighted by atomic mass is 16.2. The van der Waals surface area contributed by atoms with Crippen LogP contribution in [0.2, 0.25) is 0 Å². The lowest BCUT2D eigenvalue weighted by molar-refractivity contribution is 0.175. The Morgan fingerprint density at radius 3 is 2.35 bits per heavy atom. The van der Waals surface area contributed by atoms with Gasteiger partial charge in [-0.2, -0.15) is 0 Å². The fourth-order valence-electron chi connectivity index (χ4n) is 3.38. The molecule has 2 N–H and O–H groups in total. The number of hydrogen-bond donors (Lipinski definition) is 2. The largest absolute Gasteiger partial charge is 0.338 e. The Balaban J connectivity index is 1.32. The van der Waals surface area contributed by atoms with Gasteiger partial charge in [0.2, 0.25) is 0 Å². The summed E-state index contributed by atoms with van der Waals surface area (Å²) in [5, 5.41) is 5.95. The molecule has 1 aliphatic heterocycles. The molecule has 0 saturated carbocycles. The van der Waals surface area contributed by atoms with Gasteiger partial charge in [0.05, 0.1) is 0 Å². The molecule has 0 spiro atoms. The third kappa shape index (κ3) is 5.88. The number of piperidine rings is 1. The van der Waals surface area contributed by atoms with Gasteiger partial charge in [0, 0.05) is 19.6 Å². The summed E-state index contributed by atoms with van der Waals surface area (Å²) in [6.45, 7) is 6.69. The Hall–Kier alpha value is -2.33. The van der Waals surface area contributed by atoms with Crippen LogP contribution in [0.4, 0.5) is 4.79 Å². The quantitative estimate of drug-likeness (QED) is 0.833. The molecule has 4 nitrogen and oxygen atoms in total. The van der Waals surface area contributed by atoms with Gasteiger partial charge < -0.3 is 10.6 Å². The minimum Gasteiger partial charge on any atom is -0.338 e. The van der Waals surface area contributed by atoms with E-state index in [1.165, 1.54) is 11.1 Å². The zero-order valence-electron chi connectivity index (χ0n) is 15.6. The monoisotopic (exact) mass is 351 g/mol. The van der Waals surface area contributed by atoms with Crippen molar-refractivity contribution < 1.29 is 4.79 Å². The van der Waals surface area contributed by atoms with Crippen LogP contribution in [0.1, 0.15) is 29.5 Å². The predicted octanol–water partition coefficient (Wildman–Crippen LogP) is 3.71. The second-order valence-corrected chi connectivity index (χ2v) is 7.25. The van der Waals surface area contributed by atoms with Crippen LogP contribution in [0.15, 0.2) is 54.6 Å². The van der Waals surface area contributed by atoms with Crippen molar-refractivity contribution in [3.63, 3.8) is 0 Å². The molecule has 1 fully saturated rings. The van der Waals surface area contributed by atoms with Gasteiger partial charge in [-0.3, -0.25) is 4.90 Å². The van der Waals surface area contributed by atoms with Gasteiger partial charge in [-0.1, -0.05) is 60.2 Å². The summed E-state index contributed by atoms with van der Waals surface area (Å²) in [5.41, 5.74) is 3.81. The average Bonchev–Trinajstić information content (AvgIpc) is 2.68. The Morgan fingerprint density at radius 2 is 1.65 bits per heavy atom. The van der Waals surface area contributed by atoms with E-state index in [1.807, 2.05) is 30.3 Å². The van der Waals surface area contributed by atoms with E-state index < -0.39 is 0 Å². The molecule has 0 aliphatic carbocycles. The Kier molecular flexibility index (Phi) is 6.67. The van der Waals surface area contributed by atoms with Crippen LogP contribution >= 0.6 is 0 Å². The second-order valence-electron chi connectivity index (χ2n) is 7.25. The minimum atomic E-state index is -0.0732. The highest BCUT2D eigenvalue weighted by molar-refractivity contribution is 5.73. The standard InChI is InChI=1S/C22H29N3O/c1-18-7-9-21(10-8-18)17-25-13-11-20(12-14-25)16-24-22(26)23-15-19-5-3-2-4-6-19/h2-10,20H,11-17H2,1H3,(H2,23,24,26). The summed E-state index contributed by atoms with van der Waals surface area (Å²) in [6.07, 6.45) is 2.29. The molecule has 2 aromatic carbocycles.